The maximum atomic E-state index is 13.4. The van der Waals surface area contributed by atoms with Gasteiger partial charge in [0.1, 0.15) is 5.58 Å². The summed E-state index contributed by atoms with van der Waals surface area (Å²) in [5.41, 5.74) is 1.31. The van der Waals surface area contributed by atoms with Crippen molar-refractivity contribution in [2.75, 3.05) is 4.90 Å². The largest absolute Gasteiger partial charge is 0.450 e. The third kappa shape index (κ3) is 2.67. The molecular weight excluding hydrogens is 508 g/mol. The van der Waals surface area contributed by atoms with E-state index in [9.17, 15) is 9.59 Å². The molecule has 4 aromatic rings. The number of amides is 1. The number of nitrogens with zero attached hydrogens (tertiary/aromatic N) is 2. The lowest BCUT2D eigenvalue weighted by molar-refractivity contribution is 0.0971. The average Bonchev–Trinajstić information content (AvgIpc) is 3.29. The Morgan fingerprint density at radius 1 is 1.07 bits per heavy atom. The summed E-state index contributed by atoms with van der Waals surface area (Å²) in [6, 6.07) is 12.1. The molecule has 0 N–H and O–H groups in total. The Labute approximate surface area is 179 Å². The molecular formula is C20H10Br2N2O3S. The number of carbonyl (C=O) groups is 1. The summed E-state index contributed by atoms with van der Waals surface area (Å²) in [6.45, 7) is 0. The first-order valence-electron chi connectivity index (χ1n) is 8.29. The SMILES string of the molecule is O=C1c2oc3ccc(Br)cc3c(=O)c2[C@H](c2cccc(Br)c2)N1c1nccs1. The van der Waals surface area contributed by atoms with Gasteiger partial charge in [0.05, 0.1) is 17.0 Å². The Bertz CT molecular complexity index is 1300. The van der Waals surface area contributed by atoms with Crippen molar-refractivity contribution in [3.8, 4) is 0 Å². The molecule has 1 amide bonds. The highest BCUT2D eigenvalue weighted by Crippen LogP contribution is 2.42. The number of hydrogen-bond acceptors (Lipinski definition) is 5. The van der Waals surface area contributed by atoms with E-state index in [-0.39, 0.29) is 17.1 Å². The summed E-state index contributed by atoms with van der Waals surface area (Å²) < 4.78 is 7.55. The van der Waals surface area contributed by atoms with E-state index in [0.29, 0.717) is 21.7 Å². The number of hydrogen-bond donors (Lipinski definition) is 0. The van der Waals surface area contributed by atoms with Gasteiger partial charge in [-0.15, -0.1) is 11.3 Å². The molecule has 2 aromatic carbocycles. The molecule has 0 saturated heterocycles. The van der Waals surface area contributed by atoms with Gasteiger partial charge in [-0.25, -0.2) is 4.98 Å². The normalized spacial score (nSPS) is 16.0. The lowest BCUT2D eigenvalue weighted by Crippen LogP contribution is -2.29. The van der Waals surface area contributed by atoms with Gasteiger partial charge in [-0.05, 0) is 35.9 Å². The molecule has 1 atom stereocenters. The van der Waals surface area contributed by atoms with E-state index in [2.05, 4.69) is 36.8 Å². The molecule has 138 valence electrons. The van der Waals surface area contributed by atoms with Gasteiger partial charge in [0, 0.05) is 20.5 Å². The summed E-state index contributed by atoms with van der Waals surface area (Å²) in [7, 11) is 0. The maximum Gasteiger partial charge on any atom is 0.297 e. The van der Waals surface area contributed by atoms with Gasteiger partial charge in [-0.3, -0.25) is 14.5 Å². The molecule has 0 unspecified atom stereocenters. The molecule has 1 aliphatic rings. The van der Waals surface area contributed by atoms with Crippen LogP contribution in [0.15, 0.2) is 72.2 Å². The highest BCUT2D eigenvalue weighted by Gasteiger charge is 2.44. The topological polar surface area (TPSA) is 63.4 Å². The number of anilines is 1. The van der Waals surface area contributed by atoms with Crippen molar-refractivity contribution in [3.63, 3.8) is 0 Å². The van der Waals surface area contributed by atoms with Gasteiger partial charge in [0.2, 0.25) is 5.76 Å². The fraction of sp³-hybridized carbons (Fsp3) is 0.0500. The third-order valence-electron chi connectivity index (χ3n) is 4.62. The molecule has 0 aliphatic carbocycles. The van der Waals surface area contributed by atoms with Crippen LogP contribution in [-0.2, 0) is 0 Å². The highest BCUT2D eigenvalue weighted by molar-refractivity contribution is 9.10. The minimum absolute atomic E-state index is 0.0694. The zero-order valence-electron chi connectivity index (χ0n) is 14.1. The molecule has 5 nitrogen and oxygen atoms in total. The minimum Gasteiger partial charge on any atom is -0.450 e. The Balaban J connectivity index is 1.85. The second-order valence-electron chi connectivity index (χ2n) is 6.26. The summed E-state index contributed by atoms with van der Waals surface area (Å²) in [5, 5.41) is 2.75. The number of benzene rings is 2. The van der Waals surface area contributed by atoms with Crippen molar-refractivity contribution >= 4 is 65.2 Å². The van der Waals surface area contributed by atoms with E-state index in [1.807, 2.05) is 24.3 Å². The number of fused-ring (bicyclic) bond motifs is 2. The molecule has 5 rings (SSSR count). The Kier molecular flexibility index (Phi) is 4.22. The zero-order valence-corrected chi connectivity index (χ0v) is 18.0. The highest BCUT2D eigenvalue weighted by atomic mass is 79.9. The monoisotopic (exact) mass is 516 g/mol. The third-order valence-corrected chi connectivity index (χ3v) is 6.38. The van der Waals surface area contributed by atoms with Gasteiger partial charge in [0.25, 0.3) is 5.91 Å². The molecule has 0 radical (unpaired) electrons. The Hall–Kier alpha value is -2.29. The van der Waals surface area contributed by atoms with Crippen molar-refractivity contribution in [1.82, 2.24) is 4.98 Å². The van der Waals surface area contributed by atoms with Crippen LogP contribution in [-0.4, -0.2) is 10.9 Å². The first-order valence-corrected chi connectivity index (χ1v) is 10.8. The van der Waals surface area contributed by atoms with Crippen LogP contribution >= 0.6 is 43.2 Å². The van der Waals surface area contributed by atoms with Crippen molar-refractivity contribution in [2.45, 2.75) is 6.04 Å². The number of carbonyl (C=O) groups excluding carboxylic acids is 1. The molecule has 1 aliphatic heterocycles. The number of aromatic nitrogens is 1. The van der Waals surface area contributed by atoms with Gasteiger partial charge < -0.3 is 4.42 Å². The molecule has 8 heteroatoms. The van der Waals surface area contributed by atoms with Crippen molar-refractivity contribution < 1.29 is 9.21 Å². The van der Waals surface area contributed by atoms with Crippen LogP contribution in [0.5, 0.6) is 0 Å². The molecule has 0 bridgehead atoms. The minimum atomic E-state index is -0.606. The fourth-order valence-electron chi connectivity index (χ4n) is 3.47. The van der Waals surface area contributed by atoms with E-state index in [1.165, 1.54) is 16.2 Å². The quantitative estimate of drug-likeness (QED) is 0.351. The van der Waals surface area contributed by atoms with Gasteiger partial charge in [-0.2, -0.15) is 0 Å². The summed E-state index contributed by atoms with van der Waals surface area (Å²) in [6.07, 6.45) is 1.64. The Morgan fingerprint density at radius 2 is 1.89 bits per heavy atom. The first-order chi connectivity index (χ1) is 13.5. The molecule has 2 aromatic heterocycles. The lowest BCUT2D eigenvalue weighted by Gasteiger charge is -2.22. The molecule has 0 saturated carbocycles. The fourth-order valence-corrected chi connectivity index (χ4v) is 4.91. The second kappa shape index (κ2) is 6.65. The van der Waals surface area contributed by atoms with Crippen LogP contribution < -0.4 is 10.3 Å². The summed E-state index contributed by atoms with van der Waals surface area (Å²) in [5.74, 6) is -0.295. The average molecular weight is 518 g/mol. The van der Waals surface area contributed by atoms with Crippen LogP contribution in [0.1, 0.15) is 27.7 Å². The second-order valence-corrected chi connectivity index (χ2v) is 8.97. The molecule has 28 heavy (non-hydrogen) atoms. The summed E-state index contributed by atoms with van der Waals surface area (Å²) in [4.78, 5) is 32.5. The van der Waals surface area contributed by atoms with Crippen molar-refractivity contribution in [2.24, 2.45) is 0 Å². The summed E-state index contributed by atoms with van der Waals surface area (Å²) >= 11 is 8.22. The number of halogens is 2. The Morgan fingerprint density at radius 3 is 2.64 bits per heavy atom. The smallest absolute Gasteiger partial charge is 0.297 e. The lowest BCUT2D eigenvalue weighted by atomic mass is 9.99. The van der Waals surface area contributed by atoms with Gasteiger partial charge in [0.15, 0.2) is 10.6 Å². The van der Waals surface area contributed by atoms with Crippen LogP contribution in [0, 0.1) is 0 Å². The van der Waals surface area contributed by atoms with E-state index in [0.717, 1.165) is 14.5 Å². The predicted octanol–water partition coefficient (Wildman–Crippen LogP) is 5.52. The number of thiazole rings is 1. The first kappa shape index (κ1) is 17.8. The van der Waals surface area contributed by atoms with Crippen LogP contribution in [0.2, 0.25) is 0 Å². The molecule has 0 fully saturated rings. The van der Waals surface area contributed by atoms with Crippen molar-refractivity contribution in [3.05, 3.63) is 90.1 Å². The predicted molar refractivity (Wildman–Crippen MR) is 115 cm³/mol. The van der Waals surface area contributed by atoms with Crippen LogP contribution in [0.3, 0.4) is 0 Å². The number of rotatable bonds is 2. The van der Waals surface area contributed by atoms with Gasteiger partial charge >= 0.3 is 0 Å². The molecule has 0 spiro atoms. The van der Waals surface area contributed by atoms with Gasteiger partial charge in [-0.1, -0.05) is 44.0 Å². The standard InChI is InChI=1S/C20H10Br2N2O3S/c21-11-3-1-2-10(8-11)16-15-17(25)13-9-12(22)4-5-14(13)27-18(15)19(26)24(16)20-23-6-7-28-20/h1-9,16H/t16-/m0/s1. The van der Waals surface area contributed by atoms with E-state index >= 15 is 0 Å². The van der Waals surface area contributed by atoms with Crippen LogP contribution in [0.4, 0.5) is 5.13 Å². The maximum absolute atomic E-state index is 13.4. The van der Waals surface area contributed by atoms with E-state index in [4.69, 9.17) is 4.42 Å². The zero-order chi connectivity index (χ0) is 19.4. The molecule has 3 heterocycles. The van der Waals surface area contributed by atoms with Crippen molar-refractivity contribution in [1.29, 1.82) is 0 Å². The van der Waals surface area contributed by atoms with E-state index in [1.54, 1.807) is 29.8 Å². The van der Waals surface area contributed by atoms with E-state index < -0.39 is 6.04 Å². The van der Waals surface area contributed by atoms with Crippen LogP contribution in [0.25, 0.3) is 11.0 Å².